The third-order valence-electron chi connectivity index (χ3n) is 7.46. The Kier molecular flexibility index (Phi) is 10.2. The number of benzene rings is 4. The van der Waals surface area contributed by atoms with Crippen LogP contribution in [-0.2, 0) is 15.1 Å². The Hall–Kier alpha value is -4.49. The molecule has 0 bridgehead atoms. The van der Waals surface area contributed by atoms with Crippen LogP contribution in [0.15, 0.2) is 103 Å². The SMILES string of the molecule is COc1ccc(C(OCC(C)(C)CC(C)(C)NC(=O)COc2ccc(O)cc2)(c2ccccc2)c2ccc(OC)cc2)cc1. The fourth-order valence-electron chi connectivity index (χ4n) is 5.77. The van der Waals surface area contributed by atoms with Crippen molar-refractivity contribution in [2.45, 2.75) is 45.3 Å². The monoisotopic (exact) mass is 597 g/mol. The summed E-state index contributed by atoms with van der Waals surface area (Å²) in [5, 5.41) is 12.6. The average molecular weight is 598 g/mol. The normalized spacial score (nSPS) is 12.0. The van der Waals surface area contributed by atoms with Crippen molar-refractivity contribution in [1.82, 2.24) is 5.32 Å². The van der Waals surface area contributed by atoms with E-state index in [-0.39, 0.29) is 23.7 Å². The van der Waals surface area contributed by atoms with Crippen LogP contribution in [0.4, 0.5) is 0 Å². The van der Waals surface area contributed by atoms with Crippen LogP contribution < -0.4 is 19.5 Å². The molecule has 232 valence electrons. The summed E-state index contributed by atoms with van der Waals surface area (Å²) in [5.74, 6) is 1.95. The summed E-state index contributed by atoms with van der Waals surface area (Å²) in [6.07, 6.45) is 0.640. The first kappa shape index (κ1) is 32.4. The fraction of sp³-hybridized carbons (Fsp3) is 0.324. The van der Waals surface area contributed by atoms with Gasteiger partial charge in [0.15, 0.2) is 6.61 Å². The summed E-state index contributed by atoms with van der Waals surface area (Å²) in [5.41, 5.74) is 1.10. The molecule has 0 heterocycles. The standard InChI is InChI=1S/C37H43NO6/c1-35(2,25-36(3,4)38-34(40)24-43-33-22-16-30(39)17-23-33)26-44-37(27-10-8-7-9-11-27,28-12-18-31(41-5)19-13-28)29-14-20-32(42-6)21-15-29/h7-23,39H,24-26H2,1-6H3,(H,38,40). The predicted octanol–water partition coefficient (Wildman–Crippen LogP) is 7.11. The summed E-state index contributed by atoms with van der Waals surface area (Å²) in [6.45, 7) is 8.56. The summed E-state index contributed by atoms with van der Waals surface area (Å²) < 4.78 is 23.7. The molecule has 0 aromatic heterocycles. The highest BCUT2D eigenvalue weighted by Crippen LogP contribution is 2.43. The lowest BCUT2D eigenvalue weighted by atomic mass is 9.78. The largest absolute Gasteiger partial charge is 0.508 e. The van der Waals surface area contributed by atoms with E-state index in [0.717, 1.165) is 28.2 Å². The average Bonchev–Trinajstić information content (AvgIpc) is 3.01. The van der Waals surface area contributed by atoms with Crippen LogP contribution in [-0.4, -0.2) is 44.0 Å². The number of carbonyl (C=O) groups is 1. The molecule has 0 spiro atoms. The van der Waals surface area contributed by atoms with Crippen LogP contribution in [0.2, 0.25) is 0 Å². The van der Waals surface area contributed by atoms with E-state index in [2.05, 4.69) is 31.3 Å². The molecule has 0 aliphatic carbocycles. The third-order valence-corrected chi connectivity index (χ3v) is 7.46. The molecule has 7 heteroatoms. The number of carbonyl (C=O) groups excluding carboxylic acids is 1. The van der Waals surface area contributed by atoms with Crippen LogP contribution in [0.5, 0.6) is 23.0 Å². The summed E-state index contributed by atoms with van der Waals surface area (Å²) in [7, 11) is 3.31. The molecule has 0 saturated carbocycles. The van der Waals surface area contributed by atoms with E-state index in [0.29, 0.717) is 18.8 Å². The number of phenolic OH excluding ortho intramolecular Hbond substituents is 1. The van der Waals surface area contributed by atoms with Crippen LogP contribution >= 0.6 is 0 Å². The summed E-state index contributed by atoms with van der Waals surface area (Å²) >= 11 is 0. The highest BCUT2D eigenvalue weighted by atomic mass is 16.5. The Labute approximate surface area is 260 Å². The van der Waals surface area contributed by atoms with Gasteiger partial charge in [0.05, 0.1) is 20.8 Å². The van der Waals surface area contributed by atoms with Gasteiger partial charge in [0, 0.05) is 5.54 Å². The molecule has 0 fully saturated rings. The van der Waals surface area contributed by atoms with Crippen molar-refractivity contribution in [2.75, 3.05) is 27.4 Å². The van der Waals surface area contributed by atoms with Crippen molar-refractivity contribution >= 4 is 5.91 Å². The van der Waals surface area contributed by atoms with Gasteiger partial charge in [-0.2, -0.15) is 0 Å². The molecule has 0 aliphatic rings. The van der Waals surface area contributed by atoms with Gasteiger partial charge in [0.25, 0.3) is 5.91 Å². The number of hydrogen-bond donors (Lipinski definition) is 2. The Morgan fingerprint density at radius 1 is 0.682 bits per heavy atom. The number of phenols is 1. The minimum atomic E-state index is -0.928. The predicted molar refractivity (Wildman–Crippen MR) is 172 cm³/mol. The van der Waals surface area contributed by atoms with Crippen molar-refractivity contribution in [1.29, 1.82) is 0 Å². The number of rotatable bonds is 14. The molecule has 4 aromatic rings. The highest BCUT2D eigenvalue weighted by molar-refractivity contribution is 5.78. The molecular formula is C37H43NO6. The molecule has 0 atom stereocenters. The van der Waals surface area contributed by atoms with Crippen LogP contribution in [0.25, 0.3) is 0 Å². The third kappa shape index (κ3) is 8.11. The van der Waals surface area contributed by atoms with Gasteiger partial charge in [-0.05, 0) is 90.9 Å². The van der Waals surface area contributed by atoms with Gasteiger partial charge in [-0.3, -0.25) is 4.79 Å². The molecule has 2 N–H and O–H groups in total. The first-order valence-corrected chi connectivity index (χ1v) is 14.7. The summed E-state index contributed by atoms with van der Waals surface area (Å²) in [6, 6.07) is 32.5. The summed E-state index contributed by atoms with van der Waals surface area (Å²) in [4.78, 5) is 12.8. The minimum Gasteiger partial charge on any atom is -0.508 e. The number of hydrogen-bond acceptors (Lipinski definition) is 6. The van der Waals surface area contributed by atoms with Crippen LogP contribution in [0, 0.1) is 5.41 Å². The van der Waals surface area contributed by atoms with Crippen molar-refractivity contribution in [3.8, 4) is 23.0 Å². The van der Waals surface area contributed by atoms with Crippen LogP contribution in [0.1, 0.15) is 50.8 Å². The second-order valence-electron chi connectivity index (χ2n) is 12.3. The maximum atomic E-state index is 12.8. The quantitative estimate of drug-likeness (QED) is 0.151. The Morgan fingerprint density at radius 2 is 1.16 bits per heavy atom. The number of ether oxygens (including phenoxy) is 4. The van der Waals surface area contributed by atoms with Crippen LogP contribution in [0.3, 0.4) is 0 Å². The first-order chi connectivity index (χ1) is 21.0. The molecule has 0 unspecified atom stereocenters. The number of nitrogens with one attached hydrogen (secondary N) is 1. The zero-order valence-corrected chi connectivity index (χ0v) is 26.4. The number of aromatic hydroxyl groups is 1. The van der Waals surface area contributed by atoms with E-state index in [1.165, 1.54) is 12.1 Å². The molecule has 7 nitrogen and oxygen atoms in total. The highest BCUT2D eigenvalue weighted by Gasteiger charge is 2.40. The smallest absolute Gasteiger partial charge is 0.258 e. The second kappa shape index (κ2) is 13.9. The van der Waals surface area contributed by atoms with Gasteiger partial charge in [-0.15, -0.1) is 0 Å². The van der Waals surface area contributed by atoms with Gasteiger partial charge in [0.1, 0.15) is 28.6 Å². The van der Waals surface area contributed by atoms with Gasteiger partial charge in [-0.25, -0.2) is 0 Å². The van der Waals surface area contributed by atoms with Gasteiger partial charge < -0.3 is 29.4 Å². The zero-order chi connectivity index (χ0) is 31.8. The van der Waals surface area contributed by atoms with Crippen molar-refractivity contribution in [3.05, 3.63) is 120 Å². The Morgan fingerprint density at radius 3 is 1.66 bits per heavy atom. The molecule has 1 amide bonds. The van der Waals surface area contributed by atoms with E-state index in [4.69, 9.17) is 18.9 Å². The van der Waals surface area contributed by atoms with E-state index in [1.807, 2.05) is 80.6 Å². The minimum absolute atomic E-state index is 0.128. The van der Waals surface area contributed by atoms with E-state index in [1.54, 1.807) is 26.4 Å². The maximum absolute atomic E-state index is 12.8. The molecular weight excluding hydrogens is 554 g/mol. The lowest BCUT2D eigenvalue weighted by Crippen LogP contribution is -2.49. The maximum Gasteiger partial charge on any atom is 0.258 e. The molecule has 4 rings (SSSR count). The topological polar surface area (TPSA) is 86.3 Å². The number of methoxy groups -OCH3 is 2. The fourth-order valence-corrected chi connectivity index (χ4v) is 5.77. The van der Waals surface area contributed by atoms with Crippen molar-refractivity contribution in [3.63, 3.8) is 0 Å². The second-order valence-corrected chi connectivity index (χ2v) is 12.3. The molecule has 44 heavy (non-hydrogen) atoms. The molecule has 0 radical (unpaired) electrons. The van der Waals surface area contributed by atoms with Gasteiger partial charge >= 0.3 is 0 Å². The molecule has 0 saturated heterocycles. The lowest BCUT2D eigenvalue weighted by molar-refractivity contribution is -0.125. The Balaban J connectivity index is 1.59. The van der Waals surface area contributed by atoms with Crippen molar-refractivity contribution in [2.24, 2.45) is 5.41 Å². The Bertz CT molecular complexity index is 1430. The van der Waals surface area contributed by atoms with Crippen molar-refractivity contribution < 1.29 is 28.8 Å². The van der Waals surface area contributed by atoms with Gasteiger partial charge in [0.2, 0.25) is 0 Å². The zero-order valence-electron chi connectivity index (χ0n) is 26.4. The molecule has 4 aromatic carbocycles. The van der Waals surface area contributed by atoms with E-state index in [9.17, 15) is 9.90 Å². The van der Waals surface area contributed by atoms with Gasteiger partial charge in [-0.1, -0.05) is 68.4 Å². The van der Waals surface area contributed by atoms with E-state index >= 15 is 0 Å². The number of amides is 1. The lowest BCUT2D eigenvalue weighted by Gasteiger charge is -2.41. The van der Waals surface area contributed by atoms with E-state index < -0.39 is 11.1 Å². The first-order valence-electron chi connectivity index (χ1n) is 14.7. The molecule has 0 aliphatic heterocycles.